The van der Waals surface area contributed by atoms with Crippen LogP contribution in [0.2, 0.25) is 0 Å². The molecular formula is C13H16INO4. The summed E-state index contributed by atoms with van der Waals surface area (Å²) in [5.74, 6) is -0.778. The average molecular weight is 377 g/mol. The summed E-state index contributed by atoms with van der Waals surface area (Å²) in [5.41, 5.74) is 0. The molecule has 0 unspecified atom stereocenters. The van der Waals surface area contributed by atoms with Gasteiger partial charge in [0, 0.05) is 9.61 Å². The molecule has 0 aromatic heterocycles. The zero-order chi connectivity index (χ0) is 14.4. The highest BCUT2D eigenvalue weighted by atomic mass is 127. The number of nitrogens with zero attached hydrogens (tertiary/aromatic N) is 1. The second-order valence-corrected chi connectivity index (χ2v) is 5.50. The second kappa shape index (κ2) is 7.32. The highest BCUT2D eigenvalue weighted by Crippen LogP contribution is 2.13. The van der Waals surface area contributed by atoms with Gasteiger partial charge in [-0.3, -0.25) is 9.59 Å². The molecule has 0 atom stereocenters. The first-order valence-corrected chi connectivity index (χ1v) is 6.87. The third-order valence-corrected chi connectivity index (χ3v) is 3.14. The molecule has 5 nitrogen and oxygen atoms in total. The fourth-order valence-corrected chi connectivity index (χ4v) is 1.82. The lowest BCUT2D eigenvalue weighted by atomic mass is 10.3. The highest BCUT2D eigenvalue weighted by Gasteiger charge is 2.20. The number of rotatable bonds is 6. The van der Waals surface area contributed by atoms with Gasteiger partial charge in [0.1, 0.15) is 12.3 Å². The molecule has 6 heteroatoms. The van der Waals surface area contributed by atoms with Crippen LogP contribution in [0.25, 0.3) is 0 Å². The largest absolute Gasteiger partial charge is 0.484 e. The smallest absolute Gasteiger partial charge is 0.323 e. The van der Waals surface area contributed by atoms with Crippen LogP contribution in [0.3, 0.4) is 0 Å². The van der Waals surface area contributed by atoms with Gasteiger partial charge in [-0.1, -0.05) is 0 Å². The van der Waals surface area contributed by atoms with Crippen LogP contribution in [0.4, 0.5) is 0 Å². The lowest BCUT2D eigenvalue weighted by molar-refractivity contribution is -0.146. The van der Waals surface area contributed by atoms with Crippen molar-refractivity contribution in [2.24, 2.45) is 0 Å². The standard InChI is InChI=1S/C13H16INO4/c1-9(2)15(7-13(17)18)12(16)8-19-11-5-3-10(14)4-6-11/h3-6,9H,7-8H2,1-2H3,(H,17,18). The summed E-state index contributed by atoms with van der Waals surface area (Å²) in [6, 6.07) is 7.11. The number of carbonyl (C=O) groups excluding carboxylic acids is 1. The monoisotopic (exact) mass is 377 g/mol. The molecule has 0 saturated carbocycles. The molecule has 1 amide bonds. The molecule has 1 aromatic carbocycles. The van der Waals surface area contributed by atoms with Gasteiger partial charge in [0.15, 0.2) is 6.61 Å². The van der Waals surface area contributed by atoms with Gasteiger partial charge < -0.3 is 14.7 Å². The third kappa shape index (κ3) is 5.46. The van der Waals surface area contributed by atoms with Gasteiger partial charge >= 0.3 is 5.97 Å². The number of carboxylic acid groups (broad SMARTS) is 1. The van der Waals surface area contributed by atoms with Crippen LogP contribution in [-0.2, 0) is 9.59 Å². The summed E-state index contributed by atoms with van der Waals surface area (Å²) in [6.07, 6.45) is 0. The van der Waals surface area contributed by atoms with Gasteiger partial charge in [0.25, 0.3) is 5.91 Å². The number of aliphatic carboxylic acids is 1. The summed E-state index contributed by atoms with van der Waals surface area (Å²) >= 11 is 2.17. The van der Waals surface area contributed by atoms with E-state index in [4.69, 9.17) is 9.84 Å². The number of ether oxygens (including phenoxy) is 1. The highest BCUT2D eigenvalue weighted by molar-refractivity contribution is 14.1. The molecule has 1 N–H and O–H groups in total. The lowest BCUT2D eigenvalue weighted by Gasteiger charge is -2.24. The molecule has 0 radical (unpaired) electrons. The van der Waals surface area contributed by atoms with E-state index in [1.54, 1.807) is 26.0 Å². The van der Waals surface area contributed by atoms with Gasteiger partial charge in [-0.05, 0) is 60.7 Å². The normalized spacial score (nSPS) is 10.3. The minimum Gasteiger partial charge on any atom is -0.484 e. The number of carboxylic acids is 1. The van der Waals surface area contributed by atoms with E-state index in [0.717, 1.165) is 3.57 Å². The molecule has 0 saturated heterocycles. The fourth-order valence-electron chi connectivity index (χ4n) is 1.46. The number of halogens is 1. The van der Waals surface area contributed by atoms with Crippen LogP contribution in [0.5, 0.6) is 5.75 Å². The van der Waals surface area contributed by atoms with Crippen molar-refractivity contribution in [3.05, 3.63) is 27.8 Å². The Morgan fingerprint density at radius 2 is 1.89 bits per heavy atom. The summed E-state index contributed by atoms with van der Waals surface area (Å²) < 4.78 is 6.42. The maximum absolute atomic E-state index is 11.9. The van der Waals surface area contributed by atoms with E-state index in [1.807, 2.05) is 12.1 Å². The van der Waals surface area contributed by atoms with Crippen molar-refractivity contribution in [1.29, 1.82) is 0 Å². The minimum absolute atomic E-state index is 0.161. The zero-order valence-corrected chi connectivity index (χ0v) is 13.0. The number of benzene rings is 1. The first-order valence-electron chi connectivity index (χ1n) is 5.79. The van der Waals surface area contributed by atoms with Gasteiger partial charge in [-0.25, -0.2) is 0 Å². The van der Waals surface area contributed by atoms with Crippen LogP contribution in [0.1, 0.15) is 13.8 Å². The molecule has 0 aliphatic carbocycles. The Balaban J connectivity index is 2.57. The van der Waals surface area contributed by atoms with Crippen molar-refractivity contribution >= 4 is 34.5 Å². The van der Waals surface area contributed by atoms with Crippen molar-refractivity contribution in [2.45, 2.75) is 19.9 Å². The Kier molecular flexibility index (Phi) is 6.07. The molecule has 0 heterocycles. The molecule has 0 aliphatic rings. The fraction of sp³-hybridized carbons (Fsp3) is 0.385. The molecular weight excluding hydrogens is 361 g/mol. The number of hydrogen-bond acceptors (Lipinski definition) is 3. The maximum atomic E-state index is 11.9. The molecule has 104 valence electrons. The number of amides is 1. The Labute approximate surface area is 125 Å². The second-order valence-electron chi connectivity index (χ2n) is 4.25. The van der Waals surface area contributed by atoms with Crippen LogP contribution < -0.4 is 4.74 Å². The topological polar surface area (TPSA) is 66.8 Å². The summed E-state index contributed by atoms with van der Waals surface area (Å²) in [5, 5.41) is 8.76. The molecule has 0 fully saturated rings. The molecule has 0 aliphatic heterocycles. The van der Waals surface area contributed by atoms with Gasteiger partial charge in [-0.2, -0.15) is 0 Å². The lowest BCUT2D eigenvalue weighted by Crippen LogP contribution is -2.43. The van der Waals surface area contributed by atoms with E-state index in [0.29, 0.717) is 5.75 Å². The van der Waals surface area contributed by atoms with Crippen LogP contribution in [-0.4, -0.2) is 41.1 Å². The average Bonchev–Trinajstić information content (AvgIpc) is 2.34. The van der Waals surface area contributed by atoms with Crippen LogP contribution >= 0.6 is 22.6 Å². The molecule has 0 spiro atoms. The van der Waals surface area contributed by atoms with E-state index in [1.165, 1.54) is 4.90 Å². The van der Waals surface area contributed by atoms with E-state index >= 15 is 0 Å². The van der Waals surface area contributed by atoms with Crippen molar-refractivity contribution in [1.82, 2.24) is 4.90 Å². The third-order valence-electron chi connectivity index (χ3n) is 2.43. The van der Waals surface area contributed by atoms with Crippen molar-refractivity contribution < 1.29 is 19.4 Å². The van der Waals surface area contributed by atoms with E-state index < -0.39 is 5.97 Å². The predicted molar refractivity (Wildman–Crippen MR) is 79.1 cm³/mol. The summed E-state index contributed by atoms with van der Waals surface area (Å²) in [6.45, 7) is 3.07. The Bertz CT molecular complexity index is 444. The van der Waals surface area contributed by atoms with E-state index in [2.05, 4.69) is 22.6 Å². The predicted octanol–water partition coefficient (Wildman–Crippen LogP) is 1.99. The van der Waals surface area contributed by atoms with Gasteiger partial charge in [0.05, 0.1) is 0 Å². The van der Waals surface area contributed by atoms with Crippen molar-refractivity contribution in [3.8, 4) is 5.75 Å². The van der Waals surface area contributed by atoms with Crippen molar-refractivity contribution in [3.63, 3.8) is 0 Å². The quantitative estimate of drug-likeness (QED) is 0.771. The Hall–Kier alpha value is -1.31. The summed E-state index contributed by atoms with van der Waals surface area (Å²) in [4.78, 5) is 23.9. The molecule has 19 heavy (non-hydrogen) atoms. The van der Waals surface area contributed by atoms with Crippen LogP contribution in [0.15, 0.2) is 24.3 Å². The van der Waals surface area contributed by atoms with Crippen molar-refractivity contribution in [2.75, 3.05) is 13.2 Å². The molecule has 0 bridgehead atoms. The first-order chi connectivity index (χ1) is 8.90. The maximum Gasteiger partial charge on any atom is 0.323 e. The number of carbonyl (C=O) groups is 2. The Morgan fingerprint density at radius 3 is 2.37 bits per heavy atom. The number of hydrogen-bond donors (Lipinski definition) is 1. The van der Waals surface area contributed by atoms with Gasteiger partial charge in [-0.15, -0.1) is 0 Å². The zero-order valence-electron chi connectivity index (χ0n) is 10.8. The molecule has 1 aromatic rings. The van der Waals surface area contributed by atoms with E-state index in [-0.39, 0.29) is 25.1 Å². The Morgan fingerprint density at radius 1 is 1.32 bits per heavy atom. The van der Waals surface area contributed by atoms with Gasteiger partial charge in [0.2, 0.25) is 0 Å². The molecule has 1 rings (SSSR count). The first kappa shape index (κ1) is 15.7. The van der Waals surface area contributed by atoms with Crippen LogP contribution in [0, 0.1) is 3.57 Å². The minimum atomic E-state index is -1.03. The van der Waals surface area contributed by atoms with E-state index in [9.17, 15) is 9.59 Å². The SMILES string of the molecule is CC(C)N(CC(=O)O)C(=O)COc1ccc(I)cc1. The summed E-state index contributed by atoms with van der Waals surface area (Å²) in [7, 11) is 0.